The number of hydrogen-bond acceptors (Lipinski definition) is 1. The third kappa shape index (κ3) is 2.99. The Kier molecular flexibility index (Phi) is 4.23. The van der Waals surface area contributed by atoms with Crippen LogP contribution in [0.2, 0.25) is 0 Å². The lowest BCUT2D eigenvalue weighted by atomic mass is 9.76. The first-order valence-corrected chi connectivity index (χ1v) is 5.91. The standard InChI is InChI=1S/C12H20F2O/c1-3-11(15)9-5-7-10(8-6-9)12(13,14)4-2/h9-10H,3-8H2,1-2H3. The third-order valence-corrected chi connectivity index (χ3v) is 3.60. The van der Waals surface area contributed by atoms with E-state index in [1.807, 2.05) is 6.92 Å². The van der Waals surface area contributed by atoms with Gasteiger partial charge >= 0.3 is 0 Å². The van der Waals surface area contributed by atoms with Crippen molar-refractivity contribution in [3.63, 3.8) is 0 Å². The number of alkyl halides is 2. The number of carbonyl (C=O) groups is 1. The van der Waals surface area contributed by atoms with Crippen LogP contribution in [0.15, 0.2) is 0 Å². The van der Waals surface area contributed by atoms with E-state index in [4.69, 9.17) is 0 Å². The summed E-state index contributed by atoms with van der Waals surface area (Å²) in [4.78, 5) is 11.4. The maximum atomic E-state index is 13.4. The second-order valence-electron chi connectivity index (χ2n) is 4.48. The molecule has 0 atom stereocenters. The Balaban J connectivity index is 2.46. The van der Waals surface area contributed by atoms with E-state index < -0.39 is 11.8 Å². The van der Waals surface area contributed by atoms with Gasteiger partial charge in [-0.25, -0.2) is 8.78 Å². The molecular formula is C12H20F2O. The van der Waals surface area contributed by atoms with E-state index in [1.54, 1.807) is 0 Å². The monoisotopic (exact) mass is 218 g/mol. The molecule has 0 aliphatic heterocycles. The smallest absolute Gasteiger partial charge is 0.250 e. The fourth-order valence-corrected chi connectivity index (χ4v) is 2.42. The molecule has 0 amide bonds. The maximum Gasteiger partial charge on any atom is 0.250 e. The molecule has 1 fully saturated rings. The minimum atomic E-state index is -2.53. The van der Waals surface area contributed by atoms with Gasteiger partial charge < -0.3 is 0 Å². The highest BCUT2D eigenvalue weighted by molar-refractivity contribution is 5.80. The van der Waals surface area contributed by atoms with Crippen LogP contribution in [0.1, 0.15) is 52.4 Å². The molecule has 1 saturated carbocycles. The van der Waals surface area contributed by atoms with E-state index in [2.05, 4.69) is 0 Å². The van der Waals surface area contributed by atoms with Crippen molar-refractivity contribution in [1.29, 1.82) is 0 Å². The molecule has 0 aromatic rings. The largest absolute Gasteiger partial charge is 0.299 e. The van der Waals surface area contributed by atoms with E-state index in [0.29, 0.717) is 32.1 Å². The summed E-state index contributed by atoms with van der Waals surface area (Å²) in [5, 5.41) is 0. The SMILES string of the molecule is CCC(=O)C1CCC(C(F)(F)CC)CC1. The molecule has 0 N–H and O–H groups in total. The van der Waals surface area contributed by atoms with Crippen molar-refractivity contribution in [2.45, 2.75) is 58.3 Å². The Labute approximate surface area is 90.2 Å². The van der Waals surface area contributed by atoms with Crippen LogP contribution >= 0.6 is 0 Å². The predicted molar refractivity (Wildman–Crippen MR) is 56.0 cm³/mol. The molecule has 88 valence electrons. The lowest BCUT2D eigenvalue weighted by Crippen LogP contribution is -2.32. The molecule has 0 spiro atoms. The first-order valence-electron chi connectivity index (χ1n) is 5.91. The Hall–Kier alpha value is -0.470. The fraction of sp³-hybridized carbons (Fsp3) is 0.917. The van der Waals surface area contributed by atoms with Gasteiger partial charge in [0.15, 0.2) is 0 Å². The Morgan fingerprint density at radius 3 is 2.13 bits per heavy atom. The van der Waals surface area contributed by atoms with Crippen molar-refractivity contribution in [3.05, 3.63) is 0 Å². The van der Waals surface area contributed by atoms with Crippen molar-refractivity contribution in [1.82, 2.24) is 0 Å². The summed E-state index contributed by atoms with van der Waals surface area (Å²) < 4.78 is 26.7. The van der Waals surface area contributed by atoms with Crippen LogP contribution in [-0.4, -0.2) is 11.7 Å². The Bertz CT molecular complexity index is 218. The summed E-state index contributed by atoms with van der Waals surface area (Å²) in [6.07, 6.45) is 2.80. The summed E-state index contributed by atoms with van der Waals surface area (Å²) in [7, 11) is 0. The maximum absolute atomic E-state index is 13.4. The average molecular weight is 218 g/mol. The van der Waals surface area contributed by atoms with Crippen molar-refractivity contribution in [3.8, 4) is 0 Å². The summed E-state index contributed by atoms with van der Waals surface area (Å²) in [6, 6.07) is 0. The van der Waals surface area contributed by atoms with Crippen LogP contribution in [0, 0.1) is 11.8 Å². The van der Waals surface area contributed by atoms with Crippen molar-refractivity contribution in [2.24, 2.45) is 11.8 Å². The summed E-state index contributed by atoms with van der Waals surface area (Å²) in [5.41, 5.74) is 0. The van der Waals surface area contributed by atoms with Gasteiger partial charge in [0.25, 0.3) is 5.92 Å². The zero-order valence-corrected chi connectivity index (χ0v) is 9.56. The van der Waals surface area contributed by atoms with E-state index in [1.165, 1.54) is 6.92 Å². The molecule has 0 unspecified atom stereocenters. The Morgan fingerprint density at radius 1 is 1.20 bits per heavy atom. The molecule has 1 aliphatic carbocycles. The molecule has 0 saturated heterocycles. The van der Waals surface area contributed by atoms with Gasteiger partial charge in [-0.05, 0) is 25.7 Å². The molecule has 0 bridgehead atoms. The first kappa shape index (κ1) is 12.6. The molecule has 0 radical (unpaired) electrons. The van der Waals surface area contributed by atoms with Crippen LogP contribution in [-0.2, 0) is 4.79 Å². The summed E-state index contributed by atoms with van der Waals surface area (Å²) >= 11 is 0. The van der Waals surface area contributed by atoms with Gasteiger partial charge in [-0.2, -0.15) is 0 Å². The Morgan fingerprint density at radius 2 is 1.73 bits per heavy atom. The van der Waals surface area contributed by atoms with E-state index in [9.17, 15) is 13.6 Å². The van der Waals surface area contributed by atoms with Gasteiger partial charge in [0, 0.05) is 24.7 Å². The number of halogens is 2. The summed E-state index contributed by atoms with van der Waals surface area (Å²) in [5.74, 6) is -2.73. The molecule has 1 aliphatic rings. The second kappa shape index (κ2) is 5.04. The molecule has 0 aromatic heterocycles. The number of carbonyl (C=O) groups excluding carboxylic acids is 1. The lowest BCUT2D eigenvalue weighted by Gasteiger charge is -2.32. The molecule has 15 heavy (non-hydrogen) atoms. The predicted octanol–water partition coefficient (Wildman–Crippen LogP) is 3.82. The third-order valence-electron chi connectivity index (χ3n) is 3.60. The number of Topliss-reactive ketones (excluding diaryl/α,β-unsaturated/α-hetero) is 1. The zero-order chi connectivity index (χ0) is 11.5. The van der Waals surface area contributed by atoms with Crippen LogP contribution < -0.4 is 0 Å². The molecule has 3 heteroatoms. The minimum absolute atomic E-state index is 0.0545. The number of ketones is 1. The van der Waals surface area contributed by atoms with Crippen LogP contribution in [0.25, 0.3) is 0 Å². The van der Waals surface area contributed by atoms with Crippen molar-refractivity contribution >= 4 is 5.78 Å². The fourth-order valence-electron chi connectivity index (χ4n) is 2.42. The van der Waals surface area contributed by atoms with E-state index in [0.717, 1.165) is 0 Å². The zero-order valence-electron chi connectivity index (χ0n) is 9.56. The van der Waals surface area contributed by atoms with E-state index in [-0.39, 0.29) is 18.1 Å². The average Bonchev–Trinajstić information content (AvgIpc) is 2.28. The molecule has 0 aromatic carbocycles. The topological polar surface area (TPSA) is 17.1 Å². The first-order chi connectivity index (χ1) is 7.01. The normalized spacial score (nSPS) is 27.7. The van der Waals surface area contributed by atoms with Crippen molar-refractivity contribution < 1.29 is 13.6 Å². The number of hydrogen-bond donors (Lipinski definition) is 0. The number of rotatable bonds is 4. The van der Waals surface area contributed by atoms with E-state index >= 15 is 0 Å². The van der Waals surface area contributed by atoms with Gasteiger partial charge in [0.05, 0.1) is 0 Å². The highest BCUT2D eigenvalue weighted by Gasteiger charge is 2.40. The van der Waals surface area contributed by atoms with Crippen molar-refractivity contribution in [2.75, 3.05) is 0 Å². The van der Waals surface area contributed by atoms with Gasteiger partial charge in [-0.1, -0.05) is 13.8 Å². The highest BCUT2D eigenvalue weighted by Crippen LogP contribution is 2.40. The highest BCUT2D eigenvalue weighted by atomic mass is 19.3. The van der Waals surface area contributed by atoms with Crippen LogP contribution in [0.4, 0.5) is 8.78 Å². The molecular weight excluding hydrogens is 198 g/mol. The minimum Gasteiger partial charge on any atom is -0.299 e. The lowest BCUT2D eigenvalue weighted by molar-refractivity contribution is -0.126. The molecule has 0 heterocycles. The van der Waals surface area contributed by atoms with Gasteiger partial charge in [-0.3, -0.25) is 4.79 Å². The van der Waals surface area contributed by atoms with Gasteiger partial charge in [0.1, 0.15) is 5.78 Å². The molecule has 1 rings (SSSR count). The van der Waals surface area contributed by atoms with Crippen LogP contribution in [0.5, 0.6) is 0 Å². The molecule has 1 nitrogen and oxygen atoms in total. The van der Waals surface area contributed by atoms with Gasteiger partial charge in [-0.15, -0.1) is 0 Å². The van der Waals surface area contributed by atoms with Crippen LogP contribution in [0.3, 0.4) is 0 Å². The van der Waals surface area contributed by atoms with Gasteiger partial charge in [0.2, 0.25) is 0 Å². The second-order valence-corrected chi connectivity index (χ2v) is 4.48. The summed E-state index contributed by atoms with van der Waals surface area (Å²) in [6.45, 7) is 3.37. The quantitative estimate of drug-likeness (QED) is 0.701.